The van der Waals surface area contributed by atoms with Crippen LogP contribution in [0, 0.1) is 16.7 Å². The van der Waals surface area contributed by atoms with Gasteiger partial charge in [0.25, 0.3) is 0 Å². The number of hydrogen-bond donors (Lipinski definition) is 2. The molecule has 1 aromatic rings. The van der Waals surface area contributed by atoms with E-state index in [1.807, 2.05) is 0 Å². The lowest BCUT2D eigenvalue weighted by Gasteiger charge is -1.97. The molecule has 1 rings (SSSR count). The molecule has 0 aliphatic rings. The van der Waals surface area contributed by atoms with E-state index in [1.165, 1.54) is 6.20 Å². The van der Waals surface area contributed by atoms with Crippen LogP contribution in [-0.4, -0.2) is 10.7 Å². The zero-order valence-electron chi connectivity index (χ0n) is 5.70. The smallest absolute Gasteiger partial charge is 0.160 e. The highest BCUT2D eigenvalue weighted by Crippen LogP contribution is 2.06. The molecule has 4 heteroatoms. The molecule has 1 aromatic heterocycles. The molecular weight excluding hydrogens is 140 g/mol. The van der Waals surface area contributed by atoms with Gasteiger partial charge in [0, 0.05) is 6.20 Å². The Bertz CT molecular complexity index is 323. The van der Waals surface area contributed by atoms with Crippen LogP contribution in [0.15, 0.2) is 18.3 Å². The Morgan fingerprint density at radius 2 is 2.45 bits per heavy atom. The number of nitrogen functional groups attached to an aromatic ring is 1. The maximum absolute atomic E-state index is 8.34. The summed E-state index contributed by atoms with van der Waals surface area (Å²) in [6, 6.07) is 4.92. The largest absolute Gasteiger partial charge is 0.397 e. The highest BCUT2D eigenvalue weighted by Gasteiger charge is 2.03. The second-order valence-electron chi connectivity index (χ2n) is 1.93. The zero-order chi connectivity index (χ0) is 8.27. The van der Waals surface area contributed by atoms with Crippen LogP contribution in [0.1, 0.15) is 5.69 Å². The van der Waals surface area contributed by atoms with E-state index in [0.717, 1.165) is 0 Å². The van der Waals surface area contributed by atoms with Crippen LogP contribution in [-0.2, 0) is 0 Å². The second kappa shape index (κ2) is 2.80. The molecule has 0 aliphatic carbocycles. The third-order valence-electron chi connectivity index (χ3n) is 1.19. The molecule has 0 radical (unpaired) electrons. The van der Waals surface area contributed by atoms with E-state index in [-0.39, 0.29) is 11.4 Å². The van der Waals surface area contributed by atoms with E-state index in [0.29, 0.717) is 5.69 Å². The molecule has 0 aromatic carbocycles. The van der Waals surface area contributed by atoms with Crippen LogP contribution in [0.3, 0.4) is 0 Å². The highest BCUT2D eigenvalue weighted by molar-refractivity contribution is 6.11. The number of pyridine rings is 1. The van der Waals surface area contributed by atoms with Crippen LogP contribution in [0.5, 0.6) is 0 Å². The Balaban J connectivity index is 3.16. The third kappa shape index (κ3) is 1.33. The number of rotatable bonds is 1. The van der Waals surface area contributed by atoms with Gasteiger partial charge >= 0.3 is 0 Å². The van der Waals surface area contributed by atoms with E-state index < -0.39 is 0 Å². The molecule has 0 fully saturated rings. The van der Waals surface area contributed by atoms with Gasteiger partial charge in [-0.3, -0.25) is 10.4 Å². The molecule has 0 saturated heterocycles. The summed E-state index contributed by atoms with van der Waals surface area (Å²) in [6.45, 7) is 0. The number of nitrogens with two attached hydrogens (primary N) is 1. The van der Waals surface area contributed by atoms with Crippen molar-refractivity contribution in [1.82, 2.24) is 4.98 Å². The molecule has 0 unspecified atom stereocenters. The fourth-order valence-corrected chi connectivity index (χ4v) is 0.680. The topological polar surface area (TPSA) is 86.5 Å². The molecular formula is C7H6N4. The minimum absolute atomic E-state index is 0.205. The lowest BCUT2D eigenvalue weighted by molar-refractivity contribution is 1.28. The van der Waals surface area contributed by atoms with Crippen molar-refractivity contribution < 1.29 is 0 Å². The number of nitriles is 1. The second-order valence-corrected chi connectivity index (χ2v) is 1.93. The molecule has 54 valence electrons. The SMILES string of the molecule is N#CC(=N)c1ncccc1N. The maximum atomic E-state index is 8.34. The summed E-state index contributed by atoms with van der Waals surface area (Å²) in [5.74, 6) is 0. The lowest BCUT2D eigenvalue weighted by Crippen LogP contribution is -2.03. The first kappa shape index (κ1) is 7.22. The van der Waals surface area contributed by atoms with Gasteiger partial charge in [-0.25, -0.2) is 0 Å². The number of anilines is 1. The summed E-state index contributed by atoms with van der Waals surface area (Å²) in [6.07, 6.45) is 1.50. The van der Waals surface area contributed by atoms with Crippen LogP contribution < -0.4 is 5.73 Å². The van der Waals surface area contributed by atoms with Crippen molar-refractivity contribution in [2.45, 2.75) is 0 Å². The summed E-state index contributed by atoms with van der Waals surface area (Å²) in [4.78, 5) is 3.78. The van der Waals surface area contributed by atoms with Crippen molar-refractivity contribution in [2.75, 3.05) is 5.73 Å². The van der Waals surface area contributed by atoms with Crippen LogP contribution in [0.4, 0.5) is 5.69 Å². The number of nitrogens with zero attached hydrogens (tertiary/aromatic N) is 2. The summed E-state index contributed by atoms with van der Waals surface area (Å²) in [7, 11) is 0. The summed E-state index contributed by atoms with van der Waals surface area (Å²) in [5.41, 5.74) is 5.84. The molecule has 0 spiro atoms. The van der Waals surface area contributed by atoms with Gasteiger partial charge in [0.05, 0.1) is 5.69 Å². The number of hydrogen-bond acceptors (Lipinski definition) is 4. The third-order valence-corrected chi connectivity index (χ3v) is 1.19. The molecule has 0 aliphatic heterocycles. The summed E-state index contributed by atoms with van der Waals surface area (Å²) < 4.78 is 0. The predicted octanol–water partition coefficient (Wildman–Crippen LogP) is 0.555. The van der Waals surface area contributed by atoms with E-state index in [2.05, 4.69) is 4.98 Å². The van der Waals surface area contributed by atoms with Crippen molar-refractivity contribution in [1.29, 1.82) is 10.7 Å². The van der Waals surface area contributed by atoms with Crippen molar-refractivity contribution in [3.05, 3.63) is 24.0 Å². The van der Waals surface area contributed by atoms with Gasteiger partial charge in [0.2, 0.25) is 0 Å². The zero-order valence-corrected chi connectivity index (χ0v) is 5.70. The van der Waals surface area contributed by atoms with Gasteiger partial charge in [-0.15, -0.1) is 0 Å². The Morgan fingerprint density at radius 1 is 1.73 bits per heavy atom. The number of aromatic nitrogens is 1. The van der Waals surface area contributed by atoms with Gasteiger partial charge in [0.1, 0.15) is 11.8 Å². The first-order chi connectivity index (χ1) is 5.25. The molecule has 3 N–H and O–H groups in total. The van der Waals surface area contributed by atoms with Gasteiger partial charge in [-0.2, -0.15) is 5.26 Å². The standard InChI is InChI=1S/C7H6N4/c8-4-6(10)7-5(9)2-1-3-11-7/h1-3,10H,9H2. The lowest BCUT2D eigenvalue weighted by atomic mass is 10.2. The van der Waals surface area contributed by atoms with Crippen molar-refractivity contribution >= 4 is 11.4 Å². The fourth-order valence-electron chi connectivity index (χ4n) is 0.680. The highest BCUT2D eigenvalue weighted by atomic mass is 14.7. The Labute approximate surface area is 63.8 Å². The molecule has 1 heterocycles. The maximum Gasteiger partial charge on any atom is 0.160 e. The molecule has 0 amide bonds. The first-order valence-corrected chi connectivity index (χ1v) is 2.95. The molecule has 11 heavy (non-hydrogen) atoms. The van der Waals surface area contributed by atoms with Crippen LogP contribution >= 0.6 is 0 Å². The molecule has 0 atom stereocenters. The van der Waals surface area contributed by atoms with Crippen LogP contribution in [0.25, 0.3) is 0 Å². The predicted molar refractivity (Wildman–Crippen MR) is 41.1 cm³/mol. The molecule has 4 nitrogen and oxygen atoms in total. The van der Waals surface area contributed by atoms with E-state index >= 15 is 0 Å². The van der Waals surface area contributed by atoms with Gasteiger partial charge < -0.3 is 5.73 Å². The van der Waals surface area contributed by atoms with Crippen molar-refractivity contribution in [3.8, 4) is 6.07 Å². The molecule has 0 saturated carbocycles. The fraction of sp³-hybridized carbons (Fsp3) is 0. The van der Waals surface area contributed by atoms with E-state index in [4.69, 9.17) is 16.4 Å². The summed E-state index contributed by atoms with van der Waals surface area (Å²) in [5, 5.41) is 15.5. The van der Waals surface area contributed by atoms with Gasteiger partial charge in [-0.05, 0) is 12.1 Å². The Morgan fingerprint density at radius 3 is 3.00 bits per heavy atom. The van der Waals surface area contributed by atoms with E-state index in [9.17, 15) is 0 Å². The Kier molecular flexibility index (Phi) is 1.83. The number of nitrogens with one attached hydrogen (secondary N) is 1. The first-order valence-electron chi connectivity index (χ1n) is 2.95. The quantitative estimate of drug-likeness (QED) is 0.567. The molecule has 0 bridgehead atoms. The average molecular weight is 146 g/mol. The van der Waals surface area contributed by atoms with E-state index in [1.54, 1.807) is 18.2 Å². The normalized spacial score (nSPS) is 8.64. The van der Waals surface area contributed by atoms with Gasteiger partial charge in [-0.1, -0.05) is 0 Å². The van der Waals surface area contributed by atoms with Crippen molar-refractivity contribution in [3.63, 3.8) is 0 Å². The monoisotopic (exact) mass is 146 g/mol. The minimum atomic E-state index is -0.205. The summed E-state index contributed by atoms with van der Waals surface area (Å²) >= 11 is 0. The van der Waals surface area contributed by atoms with Crippen molar-refractivity contribution in [2.24, 2.45) is 0 Å². The Hall–Kier alpha value is -1.89. The average Bonchev–Trinajstić information content (AvgIpc) is 2.04. The minimum Gasteiger partial charge on any atom is -0.397 e. The van der Waals surface area contributed by atoms with Gasteiger partial charge in [0.15, 0.2) is 5.71 Å². The van der Waals surface area contributed by atoms with Crippen LogP contribution in [0.2, 0.25) is 0 Å².